The van der Waals surface area contributed by atoms with Gasteiger partial charge >= 0.3 is 0 Å². The van der Waals surface area contributed by atoms with Gasteiger partial charge in [-0.2, -0.15) is 0 Å². The van der Waals surface area contributed by atoms with Gasteiger partial charge in [0.1, 0.15) is 22.9 Å². The molecule has 0 fully saturated rings. The number of hydrogen-bond acceptors (Lipinski definition) is 4. The molecule has 0 aromatic heterocycles. The summed E-state index contributed by atoms with van der Waals surface area (Å²) in [4.78, 5) is 12.3. The molecule has 6 heteroatoms. The van der Waals surface area contributed by atoms with Crippen molar-refractivity contribution in [3.63, 3.8) is 0 Å². The van der Waals surface area contributed by atoms with E-state index in [1.807, 2.05) is 6.07 Å². The van der Waals surface area contributed by atoms with Crippen LogP contribution < -0.4 is 19.5 Å². The van der Waals surface area contributed by atoms with Crippen molar-refractivity contribution in [2.75, 3.05) is 26.6 Å². The molecule has 0 unspecified atom stereocenters. The number of hydrogen-bond donors (Lipinski definition) is 1. The van der Waals surface area contributed by atoms with Gasteiger partial charge in [0.15, 0.2) is 0 Å². The molecule has 0 aliphatic rings. The predicted molar refractivity (Wildman–Crippen MR) is 89.9 cm³/mol. The van der Waals surface area contributed by atoms with Crippen molar-refractivity contribution in [2.24, 2.45) is 0 Å². The van der Waals surface area contributed by atoms with Gasteiger partial charge in [0.25, 0.3) is 0 Å². The van der Waals surface area contributed by atoms with Gasteiger partial charge in [0.2, 0.25) is 5.91 Å². The van der Waals surface area contributed by atoms with Crippen molar-refractivity contribution in [1.29, 1.82) is 0 Å². The Hall–Kier alpha value is -2.40. The number of rotatable bonds is 6. The Morgan fingerprint density at radius 3 is 2.22 bits per heavy atom. The molecule has 1 amide bonds. The molecule has 122 valence electrons. The number of ether oxygens (including phenoxy) is 3. The van der Waals surface area contributed by atoms with Crippen LogP contribution in [0.15, 0.2) is 36.4 Å². The summed E-state index contributed by atoms with van der Waals surface area (Å²) in [6.45, 7) is 0. The Labute approximate surface area is 140 Å². The number of halogens is 1. The number of methoxy groups -OCH3 is 3. The van der Waals surface area contributed by atoms with Crippen molar-refractivity contribution in [3.05, 3.63) is 47.0 Å². The molecule has 1 N–H and O–H groups in total. The lowest BCUT2D eigenvalue weighted by atomic mass is 10.1. The molecule has 0 atom stereocenters. The maximum absolute atomic E-state index is 12.3. The maximum atomic E-state index is 12.3. The average molecular weight is 336 g/mol. The summed E-state index contributed by atoms with van der Waals surface area (Å²) in [5.41, 5.74) is 1.28. The number of carbonyl (C=O) groups is 1. The summed E-state index contributed by atoms with van der Waals surface area (Å²) in [5.74, 6) is 1.29. The highest BCUT2D eigenvalue weighted by molar-refractivity contribution is 6.30. The van der Waals surface area contributed by atoms with Crippen LogP contribution in [0.5, 0.6) is 17.2 Å². The molecule has 0 heterocycles. The molecule has 5 nitrogen and oxygen atoms in total. The minimum absolute atomic E-state index is 0.193. The normalized spacial score (nSPS) is 10.1. The summed E-state index contributed by atoms with van der Waals surface area (Å²) in [6.07, 6.45) is 0.193. The van der Waals surface area contributed by atoms with E-state index in [4.69, 9.17) is 25.8 Å². The molecule has 0 saturated carbocycles. The van der Waals surface area contributed by atoms with E-state index >= 15 is 0 Å². The highest BCUT2D eigenvalue weighted by atomic mass is 35.5. The third kappa shape index (κ3) is 4.29. The molecular weight excluding hydrogens is 318 g/mol. The van der Waals surface area contributed by atoms with Crippen LogP contribution in [0.1, 0.15) is 5.56 Å². The second-order valence-electron chi connectivity index (χ2n) is 4.76. The minimum Gasteiger partial charge on any atom is -0.496 e. The third-order valence-electron chi connectivity index (χ3n) is 3.23. The molecule has 2 aromatic rings. The van der Waals surface area contributed by atoms with Crippen LogP contribution in [-0.4, -0.2) is 27.2 Å². The standard InChI is InChI=1S/C17H18ClNO4/c1-21-13-9-14(22-2)17(15(10-13)23-3)19-16(20)8-11-5-4-6-12(18)7-11/h4-7,9-10H,8H2,1-3H3,(H,19,20). The van der Waals surface area contributed by atoms with Gasteiger partial charge in [-0.15, -0.1) is 0 Å². The fourth-order valence-corrected chi connectivity index (χ4v) is 2.36. The van der Waals surface area contributed by atoms with Crippen LogP contribution in [0.2, 0.25) is 5.02 Å². The number of amides is 1. The monoisotopic (exact) mass is 335 g/mol. The van der Waals surface area contributed by atoms with Crippen molar-refractivity contribution in [1.82, 2.24) is 0 Å². The molecule has 0 radical (unpaired) electrons. The first-order valence-electron chi connectivity index (χ1n) is 6.91. The van der Waals surface area contributed by atoms with Gasteiger partial charge in [0.05, 0.1) is 27.8 Å². The molecule has 0 spiro atoms. The van der Waals surface area contributed by atoms with Crippen LogP contribution in [0, 0.1) is 0 Å². The smallest absolute Gasteiger partial charge is 0.228 e. The van der Waals surface area contributed by atoms with Crippen LogP contribution in [0.4, 0.5) is 5.69 Å². The second kappa shape index (κ2) is 7.74. The first-order chi connectivity index (χ1) is 11.1. The van der Waals surface area contributed by atoms with Gasteiger partial charge in [-0.05, 0) is 17.7 Å². The molecule has 2 aromatic carbocycles. The lowest BCUT2D eigenvalue weighted by Crippen LogP contribution is -2.15. The highest BCUT2D eigenvalue weighted by Gasteiger charge is 2.16. The zero-order chi connectivity index (χ0) is 16.8. The Bertz CT molecular complexity index is 678. The van der Waals surface area contributed by atoms with E-state index in [-0.39, 0.29) is 12.3 Å². The van der Waals surface area contributed by atoms with E-state index in [1.165, 1.54) is 14.2 Å². The fourth-order valence-electron chi connectivity index (χ4n) is 2.14. The van der Waals surface area contributed by atoms with Crippen LogP contribution in [-0.2, 0) is 11.2 Å². The van der Waals surface area contributed by atoms with Crippen LogP contribution in [0.3, 0.4) is 0 Å². The third-order valence-corrected chi connectivity index (χ3v) is 3.47. The Balaban J connectivity index is 2.22. The van der Waals surface area contributed by atoms with Gasteiger partial charge in [-0.1, -0.05) is 23.7 Å². The topological polar surface area (TPSA) is 56.8 Å². The zero-order valence-electron chi connectivity index (χ0n) is 13.2. The average Bonchev–Trinajstić information content (AvgIpc) is 2.54. The zero-order valence-corrected chi connectivity index (χ0v) is 13.9. The number of benzene rings is 2. The summed E-state index contributed by atoms with van der Waals surface area (Å²) in [5, 5.41) is 3.41. The lowest BCUT2D eigenvalue weighted by Gasteiger charge is -2.15. The number of carbonyl (C=O) groups excluding carboxylic acids is 1. The van der Waals surface area contributed by atoms with E-state index in [1.54, 1.807) is 37.4 Å². The molecule has 2 rings (SSSR count). The maximum Gasteiger partial charge on any atom is 0.228 e. The molecule has 0 aliphatic carbocycles. The quantitative estimate of drug-likeness (QED) is 0.877. The number of nitrogens with one attached hydrogen (secondary N) is 1. The van der Waals surface area contributed by atoms with Crippen LogP contribution >= 0.6 is 11.6 Å². The van der Waals surface area contributed by atoms with Crippen molar-refractivity contribution in [3.8, 4) is 17.2 Å². The lowest BCUT2D eigenvalue weighted by molar-refractivity contribution is -0.115. The first-order valence-corrected chi connectivity index (χ1v) is 7.29. The molecular formula is C17H18ClNO4. The molecule has 0 aliphatic heterocycles. The van der Waals surface area contributed by atoms with E-state index in [9.17, 15) is 4.79 Å². The highest BCUT2D eigenvalue weighted by Crippen LogP contribution is 2.38. The van der Waals surface area contributed by atoms with E-state index in [0.29, 0.717) is 28.0 Å². The van der Waals surface area contributed by atoms with Crippen molar-refractivity contribution < 1.29 is 19.0 Å². The van der Waals surface area contributed by atoms with Crippen LogP contribution in [0.25, 0.3) is 0 Å². The second-order valence-corrected chi connectivity index (χ2v) is 5.20. The largest absolute Gasteiger partial charge is 0.496 e. The van der Waals surface area contributed by atoms with E-state index in [0.717, 1.165) is 5.56 Å². The van der Waals surface area contributed by atoms with Gasteiger partial charge in [-0.25, -0.2) is 0 Å². The minimum atomic E-state index is -0.200. The van der Waals surface area contributed by atoms with Crippen molar-refractivity contribution >= 4 is 23.2 Å². The summed E-state index contributed by atoms with van der Waals surface area (Å²) >= 11 is 5.93. The number of anilines is 1. The first kappa shape index (κ1) is 17.0. The molecule has 23 heavy (non-hydrogen) atoms. The fraction of sp³-hybridized carbons (Fsp3) is 0.235. The SMILES string of the molecule is COc1cc(OC)c(NC(=O)Cc2cccc(Cl)c2)c(OC)c1. The molecule has 0 bridgehead atoms. The Morgan fingerprint density at radius 1 is 1.04 bits per heavy atom. The summed E-state index contributed by atoms with van der Waals surface area (Å²) in [7, 11) is 4.58. The van der Waals surface area contributed by atoms with Gasteiger partial charge in [-0.3, -0.25) is 4.79 Å². The van der Waals surface area contributed by atoms with E-state index < -0.39 is 0 Å². The predicted octanol–water partition coefficient (Wildman–Crippen LogP) is 3.55. The van der Waals surface area contributed by atoms with Gasteiger partial charge in [0, 0.05) is 17.2 Å². The van der Waals surface area contributed by atoms with Gasteiger partial charge < -0.3 is 19.5 Å². The van der Waals surface area contributed by atoms with E-state index in [2.05, 4.69) is 5.32 Å². The Morgan fingerprint density at radius 2 is 1.70 bits per heavy atom. The van der Waals surface area contributed by atoms with Crippen molar-refractivity contribution in [2.45, 2.75) is 6.42 Å². The Kier molecular flexibility index (Phi) is 5.71. The summed E-state index contributed by atoms with van der Waals surface area (Å²) < 4.78 is 15.8. The summed E-state index contributed by atoms with van der Waals surface area (Å²) in [6, 6.07) is 10.5. The molecule has 0 saturated heterocycles.